The standard InChI is InChI=1S/C8H5F6NO6S2/c9-7(10,11)22(16,17)20-5-3-1-2-4(15)6(5)21-23(18,19)8(12,13)14/h1-3H,15H2. The maximum atomic E-state index is 12.2. The predicted octanol–water partition coefficient (Wildman–Crippen LogP) is 1.73. The van der Waals surface area contributed by atoms with Crippen LogP contribution in [0.4, 0.5) is 32.0 Å². The Kier molecular flexibility index (Phi) is 4.68. The van der Waals surface area contributed by atoms with Crippen molar-refractivity contribution in [2.75, 3.05) is 5.73 Å². The molecule has 0 radical (unpaired) electrons. The zero-order valence-electron chi connectivity index (χ0n) is 10.3. The molecule has 0 atom stereocenters. The van der Waals surface area contributed by atoms with E-state index in [1.807, 2.05) is 0 Å². The molecule has 15 heteroatoms. The number of benzene rings is 1. The fraction of sp³-hybridized carbons (Fsp3) is 0.250. The van der Waals surface area contributed by atoms with Crippen LogP contribution >= 0.6 is 0 Å². The van der Waals surface area contributed by atoms with Gasteiger partial charge in [0, 0.05) is 0 Å². The average Bonchev–Trinajstić information content (AvgIpc) is 2.30. The first kappa shape index (κ1) is 19.1. The molecular formula is C8H5F6NO6S2. The topological polar surface area (TPSA) is 113 Å². The highest BCUT2D eigenvalue weighted by atomic mass is 32.2. The van der Waals surface area contributed by atoms with Crippen LogP contribution in [-0.2, 0) is 20.2 Å². The maximum Gasteiger partial charge on any atom is 0.534 e. The summed E-state index contributed by atoms with van der Waals surface area (Å²) >= 11 is 0. The van der Waals surface area contributed by atoms with E-state index < -0.39 is 48.4 Å². The van der Waals surface area contributed by atoms with Gasteiger partial charge in [0.25, 0.3) is 0 Å². The van der Waals surface area contributed by atoms with Crippen molar-refractivity contribution in [2.24, 2.45) is 0 Å². The van der Waals surface area contributed by atoms with Crippen molar-refractivity contribution in [1.29, 1.82) is 0 Å². The summed E-state index contributed by atoms with van der Waals surface area (Å²) in [5, 5.41) is 0. The molecule has 0 bridgehead atoms. The van der Waals surface area contributed by atoms with Gasteiger partial charge in [0.05, 0.1) is 5.69 Å². The zero-order chi connectivity index (χ0) is 18.3. The number of halogens is 6. The minimum atomic E-state index is -6.32. The highest BCUT2D eigenvalue weighted by molar-refractivity contribution is 7.88. The average molecular weight is 389 g/mol. The summed E-state index contributed by atoms with van der Waals surface area (Å²) in [7, 11) is -12.6. The number of anilines is 1. The van der Waals surface area contributed by atoms with Crippen LogP contribution in [0.5, 0.6) is 11.5 Å². The summed E-state index contributed by atoms with van der Waals surface area (Å²) in [4.78, 5) is 0. The van der Waals surface area contributed by atoms with Gasteiger partial charge in [0.1, 0.15) is 0 Å². The molecule has 1 aromatic carbocycles. The van der Waals surface area contributed by atoms with Crippen LogP contribution in [0.3, 0.4) is 0 Å². The van der Waals surface area contributed by atoms with Crippen molar-refractivity contribution in [3.8, 4) is 11.5 Å². The molecule has 0 saturated carbocycles. The summed E-state index contributed by atoms with van der Waals surface area (Å²) < 4.78 is 124. The highest BCUT2D eigenvalue weighted by Crippen LogP contribution is 2.39. The van der Waals surface area contributed by atoms with E-state index in [4.69, 9.17) is 5.73 Å². The molecule has 132 valence electrons. The second-order valence-electron chi connectivity index (χ2n) is 3.64. The van der Waals surface area contributed by atoms with E-state index in [9.17, 15) is 43.2 Å². The normalized spacial score (nSPS) is 13.7. The SMILES string of the molecule is Nc1cccc(OS(=O)(=O)C(F)(F)F)c1OS(=O)(=O)C(F)(F)F. The van der Waals surface area contributed by atoms with E-state index in [1.54, 1.807) is 0 Å². The van der Waals surface area contributed by atoms with Crippen molar-refractivity contribution < 1.29 is 51.5 Å². The summed E-state index contributed by atoms with van der Waals surface area (Å²) in [6.07, 6.45) is 0. The lowest BCUT2D eigenvalue weighted by Crippen LogP contribution is -2.30. The van der Waals surface area contributed by atoms with E-state index >= 15 is 0 Å². The van der Waals surface area contributed by atoms with Gasteiger partial charge >= 0.3 is 31.3 Å². The molecule has 0 unspecified atom stereocenters. The van der Waals surface area contributed by atoms with E-state index in [0.717, 1.165) is 12.1 Å². The van der Waals surface area contributed by atoms with E-state index in [2.05, 4.69) is 8.37 Å². The van der Waals surface area contributed by atoms with Crippen LogP contribution in [0.1, 0.15) is 0 Å². The molecule has 23 heavy (non-hydrogen) atoms. The third-order valence-electron chi connectivity index (χ3n) is 1.97. The number of nitrogens with two attached hydrogens (primary N) is 1. The largest absolute Gasteiger partial charge is 0.534 e. The molecule has 7 nitrogen and oxygen atoms in total. The second kappa shape index (κ2) is 5.63. The maximum absolute atomic E-state index is 12.2. The van der Waals surface area contributed by atoms with Crippen LogP contribution in [0.2, 0.25) is 0 Å². The van der Waals surface area contributed by atoms with E-state index in [1.165, 1.54) is 0 Å². The number of hydrogen-bond acceptors (Lipinski definition) is 7. The first-order valence-corrected chi connectivity index (χ1v) is 7.80. The minimum Gasteiger partial charge on any atom is -0.396 e. The fourth-order valence-electron chi connectivity index (χ4n) is 1.01. The van der Waals surface area contributed by atoms with Crippen LogP contribution in [0.15, 0.2) is 18.2 Å². The molecule has 0 spiro atoms. The molecule has 0 aliphatic carbocycles. The van der Waals surface area contributed by atoms with Crippen molar-refractivity contribution in [3.05, 3.63) is 18.2 Å². The third kappa shape index (κ3) is 4.10. The third-order valence-corrected chi connectivity index (χ3v) is 3.89. The molecule has 1 aromatic rings. The van der Waals surface area contributed by atoms with Crippen molar-refractivity contribution in [3.63, 3.8) is 0 Å². The van der Waals surface area contributed by atoms with Crippen LogP contribution < -0.4 is 14.1 Å². The van der Waals surface area contributed by atoms with Crippen LogP contribution in [-0.4, -0.2) is 27.9 Å². The molecule has 0 aliphatic rings. The van der Waals surface area contributed by atoms with Gasteiger partial charge in [-0.3, -0.25) is 0 Å². The lowest BCUT2D eigenvalue weighted by atomic mass is 10.3. The van der Waals surface area contributed by atoms with Crippen molar-refractivity contribution in [1.82, 2.24) is 0 Å². The monoisotopic (exact) mass is 389 g/mol. The first-order valence-electron chi connectivity index (χ1n) is 4.98. The minimum absolute atomic E-state index is 0.418. The van der Waals surface area contributed by atoms with Gasteiger partial charge in [0.15, 0.2) is 5.75 Å². The molecule has 0 fully saturated rings. The molecule has 0 amide bonds. The quantitative estimate of drug-likeness (QED) is 0.361. The van der Waals surface area contributed by atoms with Gasteiger partial charge in [-0.2, -0.15) is 43.2 Å². The Morgan fingerprint density at radius 1 is 0.826 bits per heavy atom. The van der Waals surface area contributed by atoms with Crippen molar-refractivity contribution >= 4 is 25.9 Å². The van der Waals surface area contributed by atoms with Crippen LogP contribution in [0.25, 0.3) is 0 Å². The Bertz CT molecular complexity index is 797. The second-order valence-corrected chi connectivity index (χ2v) is 6.72. The molecule has 0 saturated heterocycles. The lowest BCUT2D eigenvalue weighted by molar-refractivity contribution is -0.0512. The Balaban J connectivity index is 3.38. The van der Waals surface area contributed by atoms with E-state index in [-0.39, 0.29) is 0 Å². The number of nitrogen functional groups attached to an aromatic ring is 1. The summed E-state index contributed by atoms with van der Waals surface area (Å²) in [5.74, 6) is -3.05. The number of hydrogen-bond donors (Lipinski definition) is 1. The molecular weight excluding hydrogens is 384 g/mol. The van der Waals surface area contributed by atoms with Crippen LogP contribution in [0, 0.1) is 0 Å². The molecule has 2 N–H and O–H groups in total. The molecule has 1 rings (SSSR count). The zero-order valence-corrected chi connectivity index (χ0v) is 12.0. The number of alkyl halides is 6. The Morgan fingerprint density at radius 3 is 1.70 bits per heavy atom. The van der Waals surface area contributed by atoms with Gasteiger partial charge in [-0.25, -0.2) is 0 Å². The van der Waals surface area contributed by atoms with E-state index in [0.29, 0.717) is 6.07 Å². The van der Waals surface area contributed by atoms with Gasteiger partial charge in [-0.05, 0) is 12.1 Å². The van der Waals surface area contributed by atoms with Crippen molar-refractivity contribution in [2.45, 2.75) is 11.0 Å². The Morgan fingerprint density at radius 2 is 1.26 bits per heavy atom. The summed E-state index contributed by atoms with van der Waals surface area (Å²) in [5.41, 5.74) is -7.68. The smallest absolute Gasteiger partial charge is 0.396 e. The van der Waals surface area contributed by atoms with Gasteiger partial charge in [-0.15, -0.1) is 0 Å². The number of para-hydroxylation sites is 1. The number of rotatable bonds is 4. The van der Waals surface area contributed by atoms with Gasteiger partial charge in [0.2, 0.25) is 5.75 Å². The fourth-order valence-corrected chi connectivity index (χ4v) is 1.96. The first-order chi connectivity index (χ1) is 10.1. The molecule has 0 aromatic heterocycles. The van der Waals surface area contributed by atoms with Gasteiger partial charge < -0.3 is 14.1 Å². The Labute approximate surface area is 124 Å². The summed E-state index contributed by atoms with van der Waals surface area (Å²) in [6.45, 7) is 0. The molecule has 0 aliphatic heterocycles. The molecule has 0 heterocycles. The summed E-state index contributed by atoms with van der Waals surface area (Å²) in [6, 6.07) is 1.96. The highest BCUT2D eigenvalue weighted by Gasteiger charge is 2.51. The predicted molar refractivity (Wildman–Crippen MR) is 62.1 cm³/mol. The van der Waals surface area contributed by atoms with Gasteiger partial charge in [-0.1, -0.05) is 6.07 Å². The Hall–Kier alpha value is -1.90. The lowest BCUT2D eigenvalue weighted by Gasteiger charge is -2.15.